The molecule has 1 aliphatic heterocycles. The SMILES string of the molecule is Cc1occc1-c1nnc(SCC(=O)N2CCCC2)o1. The minimum Gasteiger partial charge on any atom is -0.469 e. The van der Waals surface area contributed by atoms with E-state index in [1.165, 1.54) is 11.8 Å². The normalized spacial score (nSPS) is 14.9. The zero-order valence-corrected chi connectivity index (χ0v) is 12.0. The predicted octanol–water partition coefficient (Wildman–Crippen LogP) is 2.35. The van der Waals surface area contributed by atoms with Gasteiger partial charge in [-0.05, 0) is 25.8 Å². The van der Waals surface area contributed by atoms with Gasteiger partial charge in [-0.25, -0.2) is 0 Å². The Morgan fingerprint density at radius 1 is 1.40 bits per heavy atom. The molecule has 0 bridgehead atoms. The highest BCUT2D eigenvalue weighted by Crippen LogP contribution is 2.26. The number of rotatable bonds is 4. The number of nitrogens with zero attached hydrogens (tertiary/aromatic N) is 3. The fourth-order valence-corrected chi connectivity index (χ4v) is 2.83. The highest BCUT2D eigenvalue weighted by Gasteiger charge is 2.19. The zero-order chi connectivity index (χ0) is 13.9. The molecular weight excluding hydrogens is 278 g/mol. The van der Waals surface area contributed by atoms with Crippen LogP contribution in [-0.4, -0.2) is 39.8 Å². The second-order valence-corrected chi connectivity index (χ2v) is 5.57. The molecule has 1 amide bonds. The second-order valence-electron chi connectivity index (χ2n) is 4.64. The number of hydrogen-bond acceptors (Lipinski definition) is 6. The second kappa shape index (κ2) is 5.70. The van der Waals surface area contributed by atoms with Gasteiger partial charge in [0, 0.05) is 13.1 Å². The third-order valence-electron chi connectivity index (χ3n) is 3.27. The van der Waals surface area contributed by atoms with E-state index in [0.717, 1.165) is 37.3 Å². The maximum absolute atomic E-state index is 11.9. The molecule has 0 atom stereocenters. The summed E-state index contributed by atoms with van der Waals surface area (Å²) in [4.78, 5) is 13.8. The number of aromatic nitrogens is 2. The van der Waals surface area contributed by atoms with Gasteiger partial charge in [0.05, 0.1) is 17.6 Å². The number of thioether (sulfide) groups is 1. The summed E-state index contributed by atoms with van der Waals surface area (Å²) in [6.45, 7) is 3.56. The first-order valence-corrected chi connectivity index (χ1v) is 7.51. The summed E-state index contributed by atoms with van der Waals surface area (Å²) in [6.07, 6.45) is 3.78. The van der Waals surface area contributed by atoms with E-state index in [0.29, 0.717) is 16.9 Å². The third kappa shape index (κ3) is 2.72. The number of furan rings is 1. The maximum atomic E-state index is 11.9. The molecule has 0 unspecified atom stereocenters. The highest BCUT2D eigenvalue weighted by molar-refractivity contribution is 7.99. The number of likely N-dealkylation sites (tertiary alicyclic amines) is 1. The molecule has 1 aliphatic rings. The van der Waals surface area contributed by atoms with E-state index in [9.17, 15) is 4.79 Å². The van der Waals surface area contributed by atoms with Gasteiger partial charge in [-0.1, -0.05) is 11.8 Å². The Hall–Kier alpha value is -1.76. The lowest BCUT2D eigenvalue weighted by atomic mass is 10.3. The molecule has 106 valence electrons. The first-order valence-electron chi connectivity index (χ1n) is 6.52. The summed E-state index contributed by atoms with van der Waals surface area (Å²) in [5.41, 5.74) is 0.787. The zero-order valence-electron chi connectivity index (χ0n) is 11.2. The molecule has 0 radical (unpaired) electrons. The lowest BCUT2D eigenvalue weighted by molar-refractivity contribution is -0.127. The van der Waals surface area contributed by atoms with Crippen LogP contribution >= 0.6 is 11.8 Å². The van der Waals surface area contributed by atoms with Crippen LogP contribution in [0.25, 0.3) is 11.5 Å². The van der Waals surface area contributed by atoms with Crippen LogP contribution in [0.2, 0.25) is 0 Å². The molecular formula is C13H15N3O3S. The summed E-state index contributed by atoms with van der Waals surface area (Å²) in [5, 5.41) is 8.33. The van der Waals surface area contributed by atoms with Gasteiger partial charge in [0.1, 0.15) is 5.76 Å². The largest absolute Gasteiger partial charge is 0.469 e. The van der Waals surface area contributed by atoms with Gasteiger partial charge < -0.3 is 13.7 Å². The molecule has 0 aromatic carbocycles. The quantitative estimate of drug-likeness (QED) is 0.806. The van der Waals surface area contributed by atoms with Gasteiger partial charge in [-0.2, -0.15) is 0 Å². The van der Waals surface area contributed by atoms with Crippen LogP contribution in [-0.2, 0) is 4.79 Å². The van der Waals surface area contributed by atoms with Crippen molar-refractivity contribution in [1.29, 1.82) is 0 Å². The smallest absolute Gasteiger partial charge is 0.277 e. The minimum atomic E-state index is 0.131. The molecule has 0 spiro atoms. The van der Waals surface area contributed by atoms with Crippen LogP contribution in [0, 0.1) is 6.92 Å². The molecule has 20 heavy (non-hydrogen) atoms. The predicted molar refractivity (Wildman–Crippen MR) is 73.3 cm³/mol. The number of aryl methyl sites for hydroxylation is 1. The Morgan fingerprint density at radius 3 is 2.90 bits per heavy atom. The molecule has 0 saturated carbocycles. The molecule has 2 aromatic rings. The molecule has 6 nitrogen and oxygen atoms in total. The molecule has 3 heterocycles. The number of amides is 1. The number of hydrogen-bond donors (Lipinski definition) is 0. The standard InChI is InChI=1S/C13H15N3O3S/c1-9-10(4-7-18-9)12-14-15-13(19-12)20-8-11(17)16-5-2-3-6-16/h4,7H,2-3,5-6,8H2,1H3. The van der Waals surface area contributed by atoms with Crippen LogP contribution in [0.5, 0.6) is 0 Å². The fraction of sp³-hybridized carbons (Fsp3) is 0.462. The molecule has 7 heteroatoms. The molecule has 2 aromatic heterocycles. The Morgan fingerprint density at radius 2 is 2.20 bits per heavy atom. The lowest BCUT2D eigenvalue weighted by Crippen LogP contribution is -2.29. The molecule has 1 fully saturated rings. The van der Waals surface area contributed by atoms with Crippen molar-refractivity contribution in [2.45, 2.75) is 25.0 Å². The van der Waals surface area contributed by atoms with Crippen molar-refractivity contribution in [3.63, 3.8) is 0 Å². The number of carbonyl (C=O) groups excluding carboxylic acids is 1. The summed E-state index contributed by atoms with van der Waals surface area (Å²) < 4.78 is 10.7. The van der Waals surface area contributed by atoms with E-state index in [-0.39, 0.29) is 5.91 Å². The summed E-state index contributed by atoms with van der Waals surface area (Å²) >= 11 is 1.28. The molecule has 0 N–H and O–H groups in total. The van der Waals surface area contributed by atoms with Gasteiger partial charge in [-0.15, -0.1) is 10.2 Å². The summed E-state index contributed by atoms with van der Waals surface area (Å²) in [7, 11) is 0. The van der Waals surface area contributed by atoms with Gasteiger partial charge >= 0.3 is 0 Å². The van der Waals surface area contributed by atoms with Crippen molar-refractivity contribution in [2.75, 3.05) is 18.8 Å². The van der Waals surface area contributed by atoms with Crippen LogP contribution in [0.3, 0.4) is 0 Å². The van der Waals surface area contributed by atoms with E-state index in [1.807, 2.05) is 11.8 Å². The Balaban J connectivity index is 1.60. The van der Waals surface area contributed by atoms with E-state index in [1.54, 1.807) is 12.3 Å². The Labute approximate surface area is 120 Å². The van der Waals surface area contributed by atoms with E-state index < -0.39 is 0 Å². The van der Waals surface area contributed by atoms with E-state index in [2.05, 4.69) is 10.2 Å². The highest BCUT2D eigenvalue weighted by atomic mass is 32.2. The minimum absolute atomic E-state index is 0.131. The van der Waals surface area contributed by atoms with Crippen LogP contribution in [0.1, 0.15) is 18.6 Å². The van der Waals surface area contributed by atoms with E-state index >= 15 is 0 Å². The average Bonchev–Trinajstić information content (AvgIpc) is 3.17. The summed E-state index contributed by atoms with van der Waals surface area (Å²) in [6, 6.07) is 1.78. The molecule has 1 saturated heterocycles. The summed E-state index contributed by atoms with van der Waals surface area (Å²) in [5.74, 6) is 1.63. The lowest BCUT2D eigenvalue weighted by Gasteiger charge is -2.13. The van der Waals surface area contributed by atoms with Crippen molar-refractivity contribution in [2.24, 2.45) is 0 Å². The van der Waals surface area contributed by atoms with Crippen LogP contribution in [0.15, 0.2) is 26.4 Å². The Kier molecular flexibility index (Phi) is 3.77. The topological polar surface area (TPSA) is 72.4 Å². The van der Waals surface area contributed by atoms with E-state index in [4.69, 9.17) is 8.83 Å². The average molecular weight is 293 g/mol. The van der Waals surface area contributed by atoms with Gasteiger partial charge in [0.15, 0.2) is 0 Å². The van der Waals surface area contributed by atoms with Crippen molar-refractivity contribution in [3.8, 4) is 11.5 Å². The van der Waals surface area contributed by atoms with Crippen LogP contribution in [0.4, 0.5) is 0 Å². The van der Waals surface area contributed by atoms with Gasteiger partial charge in [-0.3, -0.25) is 4.79 Å². The monoisotopic (exact) mass is 293 g/mol. The maximum Gasteiger partial charge on any atom is 0.277 e. The van der Waals surface area contributed by atoms with Crippen molar-refractivity contribution < 1.29 is 13.6 Å². The first kappa shape index (κ1) is 13.2. The van der Waals surface area contributed by atoms with Gasteiger partial charge in [0.2, 0.25) is 5.91 Å². The van der Waals surface area contributed by atoms with Crippen molar-refractivity contribution in [1.82, 2.24) is 15.1 Å². The van der Waals surface area contributed by atoms with Gasteiger partial charge in [0.25, 0.3) is 11.1 Å². The third-order valence-corrected chi connectivity index (χ3v) is 4.08. The van der Waals surface area contributed by atoms with Crippen molar-refractivity contribution in [3.05, 3.63) is 18.1 Å². The molecule has 3 rings (SSSR count). The van der Waals surface area contributed by atoms with Crippen molar-refractivity contribution >= 4 is 17.7 Å². The Bertz CT molecular complexity index is 602. The molecule has 0 aliphatic carbocycles. The fourth-order valence-electron chi connectivity index (χ4n) is 2.17. The number of carbonyl (C=O) groups is 1. The van der Waals surface area contributed by atoms with Crippen LogP contribution < -0.4 is 0 Å². The first-order chi connectivity index (χ1) is 9.74.